The summed E-state index contributed by atoms with van der Waals surface area (Å²) in [6, 6.07) is 8.25. The molecule has 0 unspecified atom stereocenters. The molecule has 3 rings (SSSR count). The van der Waals surface area contributed by atoms with Gasteiger partial charge in [-0.1, -0.05) is 6.07 Å². The highest BCUT2D eigenvalue weighted by atomic mass is 16.5. The molecule has 0 radical (unpaired) electrons. The van der Waals surface area contributed by atoms with Gasteiger partial charge in [0.15, 0.2) is 0 Å². The lowest BCUT2D eigenvalue weighted by molar-refractivity contribution is 0.109. The van der Waals surface area contributed by atoms with E-state index in [0.29, 0.717) is 31.8 Å². The topological polar surface area (TPSA) is 84.4 Å². The van der Waals surface area contributed by atoms with Gasteiger partial charge >= 0.3 is 0 Å². The average molecular weight is 352 g/mol. The number of nitriles is 1. The van der Waals surface area contributed by atoms with Crippen molar-refractivity contribution in [2.24, 2.45) is 0 Å². The van der Waals surface area contributed by atoms with Crippen molar-refractivity contribution in [3.05, 3.63) is 40.6 Å². The Morgan fingerprint density at radius 3 is 2.88 bits per heavy atom. The van der Waals surface area contributed by atoms with Crippen LogP contribution in [-0.2, 0) is 24.3 Å². The van der Waals surface area contributed by atoms with Crippen LogP contribution in [0.1, 0.15) is 29.3 Å². The van der Waals surface area contributed by atoms with E-state index >= 15 is 0 Å². The van der Waals surface area contributed by atoms with E-state index in [0.717, 1.165) is 40.2 Å². The van der Waals surface area contributed by atoms with Gasteiger partial charge < -0.3 is 20.1 Å². The summed E-state index contributed by atoms with van der Waals surface area (Å²) in [6.07, 6.45) is 0.708. The third-order valence-electron chi connectivity index (χ3n) is 4.39. The van der Waals surface area contributed by atoms with Gasteiger partial charge in [-0.05, 0) is 38.7 Å². The molecule has 6 heteroatoms. The van der Waals surface area contributed by atoms with Crippen LogP contribution >= 0.6 is 0 Å². The Morgan fingerprint density at radius 2 is 2.19 bits per heavy atom. The molecule has 0 spiro atoms. The van der Waals surface area contributed by atoms with Crippen LogP contribution in [-0.4, -0.2) is 37.2 Å². The molecule has 1 aliphatic rings. The van der Waals surface area contributed by atoms with Crippen molar-refractivity contribution in [2.75, 3.05) is 33.0 Å². The van der Waals surface area contributed by atoms with E-state index in [2.05, 4.69) is 22.0 Å². The fraction of sp³-hybridized carbons (Fsp3) is 0.400. The number of nitrogens with two attached hydrogens (primary N) is 1. The van der Waals surface area contributed by atoms with Crippen LogP contribution in [0.25, 0.3) is 11.1 Å². The molecule has 2 N–H and O–H groups in total. The molecule has 1 aliphatic heterocycles. The van der Waals surface area contributed by atoms with Gasteiger partial charge in [0.1, 0.15) is 23.2 Å². The highest BCUT2D eigenvalue weighted by Crippen LogP contribution is 2.36. The van der Waals surface area contributed by atoms with E-state index in [4.69, 9.17) is 15.2 Å². The lowest BCUT2D eigenvalue weighted by Crippen LogP contribution is -2.16. The zero-order valence-corrected chi connectivity index (χ0v) is 15.5. The number of hydrogen-bond donors (Lipinski definition) is 1. The minimum absolute atomic E-state index is 0.284. The van der Waals surface area contributed by atoms with E-state index in [1.165, 1.54) is 0 Å². The lowest BCUT2D eigenvalue weighted by atomic mass is 9.91. The van der Waals surface area contributed by atoms with Gasteiger partial charge in [0, 0.05) is 29.7 Å². The fourth-order valence-corrected chi connectivity index (χ4v) is 3.32. The smallest absolute Gasteiger partial charge is 0.142 e. The summed E-state index contributed by atoms with van der Waals surface area (Å²) in [7, 11) is 4.03. The summed E-state index contributed by atoms with van der Waals surface area (Å²) < 4.78 is 11.4. The Bertz CT molecular complexity index is 856. The summed E-state index contributed by atoms with van der Waals surface area (Å²) >= 11 is 0. The number of nitrogens with zero attached hydrogens (tertiary/aromatic N) is 3. The molecular formula is C20H24N4O2. The Hall–Kier alpha value is -2.62. The molecule has 2 heterocycles. The second-order valence-electron chi connectivity index (χ2n) is 6.58. The second kappa shape index (κ2) is 7.73. The van der Waals surface area contributed by atoms with Crippen molar-refractivity contribution in [2.45, 2.75) is 26.5 Å². The standard InChI is InChI=1S/C20H24N4O2/c1-4-26-18-6-5-13(9-14(18)11-24(2)3)19-15(10-21)20(22)23-17-7-8-25-12-16(17)19/h5-6,9H,4,7-8,11-12H2,1-3H3,(H2,22,23). The van der Waals surface area contributed by atoms with Crippen molar-refractivity contribution in [3.8, 4) is 22.9 Å². The predicted molar refractivity (Wildman–Crippen MR) is 101 cm³/mol. The van der Waals surface area contributed by atoms with Gasteiger partial charge in [-0.25, -0.2) is 4.98 Å². The third-order valence-corrected chi connectivity index (χ3v) is 4.39. The first kappa shape index (κ1) is 18.2. The third kappa shape index (κ3) is 3.50. The van der Waals surface area contributed by atoms with Crippen LogP contribution in [0.3, 0.4) is 0 Å². The van der Waals surface area contributed by atoms with Crippen molar-refractivity contribution >= 4 is 5.82 Å². The van der Waals surface area contributed by atoms with E-state index in [1.807, 2.05) is 33.2 Å². The van der Waals surface area contributed by atoms with E-state index < -0.39 is 0 Å². The molecule has 2 aromatic rings. The number of anilines is 1. The molecule has 1 aromatic carbocycles. The van der Waals surface area contributed by atoms with Crippen LogP contribution in [0.2, 0.25) is 0 Å². The summed E-state index contributed by atoms with van der Waals surface area (Å²) in [5, 5.41) is 9.67. The molecule has 0 bridgehead atoms. The maximum absolute atomic E-state index is 9.67. The van der Waals surface area contributed by atoms with Gasteiger partial charge in [0.2, 0.25) is 0 Å². The quantitative estimate of drug-likeness (QED) is 0.891. The Labute approximate surface area is 154 Å². The minimum atomic E-state index is 0.284. The predicted octanol–water partition coefficient (Wildman–Crippen LogP) is 2.74. The van der Waals surface area contributed by atoms with E-state index in [9.17, 15) is 5.26 Å². The summed E-state index contributed by atoms with van der Waals surface area (Å²) in [5.74, 6) is 1.14. The van der Waals surface area contributed by atoms with Gasteiger partial charge in [-0.2, -0.15) is 5.26 Å². The zero-order valence-electron chi connectivity index (χ0n) is 15.5. The monoisotopic (exact) mass is 352 g/mol. The molecule has 0 saturated heterocycles. The number of fused-ring (bicyclic) bond motifs is 1. The molecule has 0 amide bonds. The number of ether oxygens (including phenoxy) is 2. The molecule has 0 saturated carbocycles. The Morgan fingerprint density at radius 1 is 1.38 bits per heavy atom. The van der Waals surface area contributed by atoms with Crippen LogP contribution in [0.4, 0.5) is 5.82 Å². The van der Waals surface area contributed by atoms with Gasteiger partial charge in [-0.3, -0.25) is 0 Å². The van der Waals surface area contributed by atoms with Crippen LogP contribution in [0.15, 0.2) is 18.2 Å². The van der Waals surface area contributed by atoms with Crippen molar-refractivity contribution in [1.29, 1.82) is 5.26 Å². The van der Waals surface area contributed by atoms with Gasteiger partial charge in [-0.15, -0.1) is 0 Å². The molecule has 26 heavy (non-hydrogen) atoms. The lowest BCUT2D eigenvalue weighted by Gasteiger charge is -2.22. The molecular weight excluding hydrogens is 328 g/mol. The van der Waals surface area contributed by atoms with Gasteiger partial charge in [0.25, 0.3) is 0 Å². The van der Waals surface area contributed by atoms with Crippen LogP contribution < -0.4 is 10.5 Å². The average Bonchev–Trinajstić information content (AvgIpc) is 2.61. The molecule has 6 nitrogen and oxygen atoms in total. The first-order chi connectivity index (χ1) is 12.5. The first-order valence-electron chi connectivity index (χ1n) is 8.75. The number of benzene rings is 1. The van der Waals surface area contributed by atoms with Crippen molar-refractivity contribution in [1.82, 2.24) is 9.88 Å². The van der Waals surface area contributed by atoms with E-state index in [-0.39, 0.29) is 5.82 Å². The number of hydrogen-bond acceptors (Lipinski definition) is 6. The highest BCUT2D eigenvalue weighted by Gasteiger charge is 2.23. The maximum atomic E-state index is 9.67. The van der Waals surface area contributed by atoms with E-state index in [1.54, 1.807) is 0 Å². The zero-order chi connectivity index (χ0) is 18.7. The van der Waals surface area contributed by atoms with Crippen LogP contribution in [0.5, 0.6) is 5.75 Å². The van der Waals surface area contributed by atoms with Crippen molar-refractivity contribution < 1.29 is 9.47 Å². The summed E-state index contributed by atoms with van der Waals surface area (Å²) in [4.78, 5) is 6.52. The molecule has 136 valence electrons. The normalized spacial score (nSPS) is 13.3. The largest absolute Gasteiger partial charge is 0.494 e. The van der Waals surface area contributed by atoms with Crippen molar-refractivity contribution in [3.63, 3.8) is 0 Å². The number of pyridine rings is 1. The molecule has 0 atom stereocenters. The SMILES string of the molecule is CCOc1ccc(-c2c(C#N)c(N)nc3c2COCC3)cc1CN(C)C. The maximum Gasteiger partial charge on any atom is 0.142 e. The second-order valence-corrected chi connectivity index (χ2v) is 6.58. The highest BCUT2D eigenvalue weighted by molar-refractivity contribution is 5.80. The Kier molecular flexibility index (Phi) is 5.40. The van der Waals surface area contributed by atoms with Crippen LogP contribution in [0, 0.1) is 11.3 Å². The summed E-state index contributed by atoms with van der Waals surface area (Å²) in [5.41, 5.74) is 11.2. The van der Waals surface area contributed by atoms with Gasteiger partial charge in [0.05, 0.1) is 25.5 Å². The molecule has 0 fully saturated rings. The minimum Gasteiger partial charge on any atom is -0.494 e. The first-order valence-corrected chi connectivity index (χ1v) is 8.75. The Balaban J connectivity index is 2.20. The summed E-state index contributed by atoms with van der Waals surface area (Å²) in [6.45, 7) is 4.39. The fourth-order valence-electron chi connectivity index (χ4n) is 3.32. The molecule has 1 aromatic heterocycles. The number of nitrogen functional groups attached to an aromatic ring is 1. The molecule has 0 aliphatic carbocycles. The number of rotatable bonds is 5. The number of aromatic nitrogens is 1.